The number of H-pyrrole nitrogens is 1. The van der Waals surface area contributed by atoms with E-state index < -0.39 is 17.2 Å². The number of benzene rings is 1. The van der Waals surface area contributed by atoms with Crippen LogP contribution in [0.1, 0.15) is 21.6 Å². The van der Waals surface area contributed by atoms with Crippen molar-refractivity contribution >= 4 is 17.0 Å². The van der Waals surface area contributed by atoms with Crippen molar-refractivity contribution in [1.29, 1.82) is 0 Å². The van der Waals surface area contributed by atoms with Crippen LogP contribution in [0.3, 0.4) is 0 Å². The van der Waals surface area contributed by atoms with Crippen LogP contribution in [0, 0.1) is 6.92 Å². The highest BCUT2D eigenvalue weighted by molar-refractivity contribution is 5.94. The van der Waals surface area contributed by atoms with Gasteiger partial charge in [0.2, 0.25) is 0 Å². The minimum absolute atomic E-state index is 0.143. The number of rotatable bonds is 4. The largest absolute Gasteiger partial charge is 0.497 e. The number of aryl methyl sites for hydroxylation is 1. The van der Waals surface area contributed by atoms with Gasteiger partial charge in [-0.2, -0.15) is 0 Å². The molecule has 0 fully saturated rings. The van der Waals surface area contributed by atoms with E-state index in [0.29, 0.717) is 11.4 Å². The van der Waals surface area contributed by atoms with Crippen LogP contribution >= 0.6 is 0 Å². The van der Waals surface area contributed by atoms with Gasteiger partial charge < -0.3 is 9.47 Å². The number of methoxy groups -OCH3 is 2. The first-order chi connectivity index (χ1) is 12.4. The lowest BCUT2D eigenvalue weighted by Gasteiger charge is -2.11. The number of fused-ring (bicyclic) bond motifs is 1. The summed E-state index contributed by atoms with van der Waals surface area (Å²) in [6.45, 7) is 1.83. The van der Waals surface area contributed by atoms with Gasteiger partial charge in [-0.05, 0) is 30.7 Å². The maximum atomic E-state index is 12.3. The van der Waals surface area contributed by atoms with Crippen molar-refractivity contribution in [3.05, 3.63) is 68.0 Å². The van der Waals surface area contributed by atoms with E-state index in [2.05, 4.69) is 9.97 Å². The maximum Gasteiger partial charge on any atom is 0.339 e. The highest BCUT2D eigenvalue weighted by Crippen LogP contribution is 2.16. The molecule has 1 N–H and O–H groups in total. The Kier molecular flexibility index (Phi) is 4.57. The van der Waals surface area contributed by atoms with E-state index in [4.69, 9.17) is 9.47 Å². The molecular weight excluding hydrogens is 338 g/mol. The third-order valence-corrected chi connectivity index (χ3v) is 4.06. The van der Waals surface area contributed by atoms with Crippen molar-refractivity contribution in [3.63, 3.8) is 0 Å². The van der Waals surface area contributed by atoms with Gasteiger partial charge in [0.15, 0.2) is 0 Å². The molecule has 134 valence electrons. The van der Waals surface area contributed by atoms with Crippen LogP contribution in [-0.4, -0.2) is 34.7 Å². The number of carbonyl (C=O) groups excluding carboxylic acids is 1. The van der Waals surface area contributed by atoms with E-state index in [9.17, 15) is 14.4 Å². The topological polar surface area (TPSA) is 103 Å². The zero-order chi connectivity index (χ0) is 18.8. The Hall–Kier alpha value is -3.42. The summed E-state index contributed by atoms with van der Waals surface area (Å²) in [4.78, 5) is 42.9. The first-order valence-electron chi connectivity index (χ1n) is 7.80. The molecule has 0 aliphatic carbocycles. The Morgan fingerprint density at radius 2 is 1.88 bits per heavy atom. The number of esters is 1. The highest BCUT2D eigenvalue weighted by Gasteiger charge is 2.16. The van der Waals surface area contributed by atoms with Crippen LogP contribution in [0.5, 0.6) is 5.75 Å². The Bertz CT molecular complexity index is 1100. The molecule has 0 unspecified atom stereocenters. The van der Waals surface area contributed by atoms with Gasteiger partial charge in [0.1, 0.15) is 11.4 Å². The van der Waals surface area contributed by atoms with Gasteiger partial charge in [0.05, 0.1) is 37.4 Å². The van der Waals surface area contributed by atoms with Crippen LogP contribution < -0.4 is 16.0 Å². The average Bonchev–Trinajstić information content (AvgIpc) is 2.64. The van der Waals surface area contributed by atoms with Crippen LogP contribution in [0.4, 0.5) is 0 Å². The molecular formula is C18H17N3O5. The number of pyridine rings is 1. The monoisotopic (exact) mass is 355 g/mol. The average molecular weight is 355 g/mol. The molecule has 3 rings (SSSR count). The first kappa shape index (κ1) is 17.4. The fourth-order valence-electron chi connectivity index (χ4n) is 2.67. The molecule has 3 aromatic rings. The molecule has 2 heterocycles. The Labute approximate surface area is 148 Å². The molecule has 0 aliphatic heterocycles. The molecule has 8 nitrogen and oxygen atoms in total. The number of aromatic nitrogens is 3. The van der Waals surface area contributed by atoms with Crippen molar-refractivity contribution in [2.24, 2.45) is 0 Å². The second-order valence-electron chi connectivity index (χ2n) is 5.68. The van der Waals surface area contributed by atoms with E-state index in [1.807, 2.05) is 12.1 Å². The van der Waals surface area contributed by atoms with Crippen molar-refractivity contribution in [3.8, 4) is 5.75 Å². The summed E-state index contributed by atoms with van der Waals surface area (Å²) >= 11 is 0. The summed E-state index contributed by atoms with van der Waals surface area (Å²) < 4.78 is 11.2. The molecule has 0 spiro atoms. The zero-order valence-corrected chi connectivity index (χ0v) is 14.5. The molecule has 0 atom stereocenters. The Morgan fingerprint density at radius 1 is 1.19 bits per heavy atom. The predicted octanol–water partition coefficient (Wildman–Crippen LogP) is 1.24. The van der Waals surface area contributed by atoms with E-state index in [1.165, 1.54) is 17.7 Å². The molecule has 1 aromatic carbocycles. The molecule has 0 aliphatic rings. The summed E-state index contributed by atoms with van der Waals surface area (Å²) in [7, 11) is 2.82. The lowest BCUT2D eigenvalue weighted by atomic mass is 10.1. The van der Waals surface area contributed by atoms with E-state index in [0.717, 1.165) is 5.56 Å². The summed E-state index contributed by atoms with van der Waals surface area (Å²) in [5.41, 5.74) is 0.417. The van der Waals surface area contributed by atoms with Crippen molar-refractivity contribution in [2.75, 3.05) is 14.2 Å². The minimum Gasteiger partial charge on any atom is -0.497 e. The number of hydrogen-bond acceptors (Lipinski definition) is 6. The van der Waals surface area contributed by atoms with Crippen molar-refractivity contribution in [2.45, 2.75) is 13.5 Å². The smallest absolute Gasteiger partial charge is 0.339 e. The normalized spacial score (nSPS) is 10.7. The number of hydrogen-bond donors (Lipinski definition) is 1. The molecule has 0 saturated carbocycles. The van der Waals surface area contributed by atoms with E-state index in [-0.39, 0.29) is 23.1 Å². The van der Waals surface area contributed by atoms with Crippen molar-refractivity contribution < 1.29 is 14.3 Å². The molecule has 0 bridgehead atoms. The molecule has 0 amide bonds. The standard InChI is InChI=1S/C18H17N3O5/c1-10-13(17(23)26-3)8-14-15(19-10)21(18(24)20-16(14)22)9-11-4-6-12(25-2)7-5-11/h4-8H,9H2,1-3H3,(H,20,22,24). The summed E-state index contributed by atoms with van der Waals surface area (Å²) in [6, 6.07) is 8.59. The minimum atomic E-state index is -0.603. The number of ether oxygens (including phenoxy) is 2. The molecule has 8 heteroatoms. The van der Waals surface area contributed by atoms with E-state index in [1.54, 1.807) is 26.2 Å². The van der Waals surface area contributed by atoms with Crippen LogP contribution in [-0.2, 0) is 11.3 Å². The quantitative estimate of drug-likeness (QED) is 0.706. The fourth-order valence-corrected chi connectivity index (χ4v) is 2.67. The number of carbonyl (C=O) groups is 1. The number of nitrogens with zero attached hydrogens (tertiary/aromatic N) is 2. The second kappa shape index (κ2) is 6.83. The number of aromatic amines is 1. The lowest BCUT2D eigenvalue weighted by Crippen LogP contribution is -2.31. The second-order valence-corrected chi connectivity index (χ2v) is 5.68. The van der Waals surface area contributed by atoms with Gasteiger partial charge in [-0.1, -0.05) is 12.1 Å². The van der Waals surface area contributed by atoms with Crippen LogP contribution in [0.15, 0.2) is 39.9 Å². The highest BCUT2D eigenvalue weighted by atomic mass is 16.5. The summed E-state index contributed by atoms with van der Waals surface area (Å²) in [5, 5.41) is 0.143. The van der Waals surface area contributed by atoms with Gasteiger partial charge in [0.25, 0.3) is 5.56 Å². The molecule has 0 saturated heterocycles. The third kappa shape index (κ3) is 3.08. The molecule has 2 aromatic heterocycles. The van der Waals surface area contributed by atoms with Gasteiger partial charge in [-0.25, -0.2) is 14.6 Å². The summed E-state index contributed by atoms with van der Waals surface area (Å²) in [5.74, 6) is 0.105. The lowest BCUT2D eigenvalue weighted by molar-refractivity contribution is 0.0599. The predicted molar refractivity (Wildman–Crippen MR) is 94.8 cm³/mol. The van der Waals surface area contributed by atoms with Crippen LogP contribution in [0.2, 0.25) is 0 Å². The molecule has 26 heavy (non-hydrogen) atoms. The first-order valence-corrected chi connectivity index (χ1v) is 7.80. The maximum absolute atomic E-state index is 12.3. The van der Waals surface area contributed by atoms with Gasteiger partial charge >= 0.3 is 11.7 Å². The van der Waals surface area contributed by atoms with Gasteiger partial charge in [0, 0.05) is 0 Å². The molecule has 0 radical (unpaired) electrons. The third-order valence-electron chi connectivity index (χ3n) is 4.06. The Morgan fingerprint density at radius 3 is 2.50 bits per heavy atom. The fraction of sp³-hybridized carbons (Fsp3) is 0.222. The van der Waals surface area contributed by atoms with Crippen LogP contribution in [0.25, 0.3) is 11.0 Å². The Balaban J connectivity index is 2.18. The SMILES string of the molecule is COC(=O)c1cc2c(=O)[nH]c(=O)n(Cc3ccc(OC)cc3)c2nc1C. The van der Waals surface area contributed by atoms with Gasteiger partial charge in [-0.3, -0.25) is 14.3 Å². The van der Waals surface area contributed by atoms with E-state index >= 15 is 0 Å². The van der Waals surface area contributed by atoms with Crippen molar-refractivity contribution in [1.82, 2.24) is 14.5 Å². The zero-order valence-electron chi connectivity index (χ0n) is 14.5. The number of nitrogens with one attached hydrogen (secondary N) is 1. The summed E-state index contributed by atoms with van der Waals surface area (Å²) in [6.07, 6.45) is 0. The van der Waals surface area contributed by atoms with Gasteiger partial charge in [-0.15, -0.1) is 0 Å².